The number of carbonyl (C=O) groups is 1. The number of Topliss-reactive ketones (excluding diaryl/α,β-unsaturated/α-hetero) is 1. The van der Waals surface area contributed by atoms with Crippen LogP contribution in [0, 0.1) is 11.3 Å². The summed E-state index contributed by atoms with van der Waals surface area (Å²) in [7, 11) is 0. The van der Waals surface area contributed by atoms with Gasteiger partial charge in [-0.2, -0.15) is 5.26 Å². The second-order valence-electron chi connectivity index (χ2n) is 5.14. The lowest BCUT2D eigenvalue weighted by molar-refractivity contribution is 0.0838. The van der Waals surface area contributed by atoms with Crippen molar-refractivity contribution in [3.05, 3.63) is 35.4 Å². The number of likely N-dealkylation sites (tertiary alicyclic amines) is 1. The first-order valence-corrected chi connectivity index (χ1v) is 7.02. The number of ketones is 1. The molecule has 1 aliphatic heterocycles. The van der Waals surface area contributed by atoms with Gasteiger partial charge in [-0.05, 0) is 37.9 Å². The Morgan fingerprint density at radius 2 is 2.11 bits per heavy atom. The van der Waals surface area contributed by atoms with Crippen molar-refractivity contribution in [1.82, 2.24) is 4.90 Å². The van der Waals surface area contributed by atoms with Gasteiger partial charge in [-0.15, -0.1) is 0 Å². The summed E-state index contributed by atoms with van der Waals surface area (Å²) in [5.74, 6) is 0.157. The minimum atomic E-state index is 0.157. The molecule has 0 radical (unpaired) electrons. The van der Waals surface area contributed by atoms with Crippen molar-refractivity contribution in [2.45, 2.75) is 38.6 Å². The van der Waals surface area contributed by atoms with E-state index in [0.29, 0.717) is 23.7 Å². The van der Waals surface area contributed by atoms with Crippen molar-refractivity contribution in [2.75, 3.05) is 13.1 Å². The van der Waals surface area contributed by atoms with Crippen LogP contribution in [-0.4, -0.2) is 29.8 Å². The Morgan fingerprint density at radius 3 is 2.74 bits per heavy atom. The smallest absolute Gasteiger partial charge is 0.176 e. The van der Waals surface area contributed by atoms with Crippen LogP contribution in [0.4, 0.5) is 0 Å². The summed E-state index contributed by atoms with van der Waals surface area (Å²) in [5, 5.41) is 8.75. The van der Waals surface area contributed by atoms with E-state index in [0.717, 1.165) is 13.0 Å². The summed E-state index contributed by atoms with van der Waals surface area (Å²) in [6, 6.07) is 9.55. The maximum atomic E-state index is 12.2. The summed E-state index contributed by atoms with van der Waals surface area (Å²) in [5.41, 5.74) is 1.31. The minimum Gasteiger partial charge on any atom is -0.293 e. The topological polar surface area (TPSA) is 44.1 Å². The zero-order chi connectivity index (χ0) is 13.7. The van der Waals surface area contributed by atoms with E-state index in [2.05, 4.69) is 17.9 Å². The third-order valence-electron chi connectivity index (χ3n) is 3.90. The lowest BCUT2D eigenvalue weighted by atomic mass is 9.99. The van der Waals surface area contributed by atoms with Crippen LogP contribution in [0.5, 0.6) is 0 Å². The zero-order valence-corrected chi connectivity index (χ0v) is 11.4. The van der Waals surface area contributed by atoms with E-state index in [9.17, 15) is 4.79 Å². The van der Waals surface area contributed by atoms with Gasteiger partial charge in [-0.25, -0.2) is 0 Å². The molecule has 1 saturated heterocycles. The average Bonchev–Trinajstić information content (AvgIpc) is 2.48. The fourth-order valence-electron chi connectivity index (χ4n) is 2.74. The van der Waals surface area contributed by atoms with Crippen LogP contribution in [0.3, 0.4) is 0 Å². The van der Waals surface area contributed by atoms with Gasteiger partial charge in [0.1, 0.15) is 0 Å². The van der Waals surface area contributed by atoms with Crippen molar-refractivity contribution in [3.8, 4) is 6.07 Å². The molecule has 1 aliphatic rings. The van der Waals surface area contributed by atoms with Crippen molar-refractivity contribution in [3.63, 3.8) is 0 Å². The molecule has 0 spiro atoms. The van der Waals surface area contributed by atoms with Crippen LogP contribution in [-0.2, 0) is 0 Å². The number of carbonyl (C=O) groups excluding carboxylic acids is 1. The number of nitriles is 1. The normalized spacial score (nSPS) is 19.9. The molecule has 1 heterocycles. The van der Waals surface area contributed by atoms with E-state index in [1.807, 2.05) is 0 Å². The third kappa shape index (κ3) is 3.42. The SMILES string of the molecule is CCC1CCCCN1CC(=O)c1ccc(C#N)cc1. The van der Waals surface area contributed by atoms with Crippen LogP contribution in [0.1, 0.15) is 48.5 Å². The molecule has 19 heavy (non-hydrogen) atoms. The van der Waals surface area contributed by atoms with Crippen LogP contribution in [0.2, 0.25) is 0 Å². The molecular formula is C16H20N2O. The zero-order valence-electron chi connectivity index (χ0n) is 11.4. The Labute approximate surface area is 114 Å². The molecule has 0 aliphatic carbocycles. The van der Waals surface area contributed by atoms with Crippen molar-refractivity contribution in [1.29, 1.82) is 5.26 Å². The van der Waals surface area contributed by atoms with E-state index >= 15 is 0 Å². The molecule has 0 amide bonds. The van der Waals surface area contributed by atoms with Gasteiger partial charge in [0.2, 0.25) is 0 Å². The highest BCUT2D eigenvalue weighted by molar-refractivity contribution is 5.97. The Bertz CT molecular complexity index is 473. The Hall–Kier alpha value is -1.66. The van der Waals surface area contributed by atoms with Crippen LogP contribution in [0.15, 0.2) is 24.3 Å². The van der Waals surface area contributed by atoms with Gasteiger partial charge in [-0.1, -0.05) is 25.5 Å². The summed E-state index contributed by atoms with van der Waals surface area (Å²) in [4.78, 5) is 14.6. The highest BCUT2D eigenvalue weighted by atomic mass is 16.1. The summed E-state index contributed by atoms with van der Waals surface area (Å²) in [6.07, 6.45) is 4.79. The highest BCUT2D eigenvalue weighted by Crippen LogP contribution is 2.19. The van der Waals surface area contributed by atoms with Crippen molar-refractivity contribution < 1.29 is 4.79 Å². The number of rotatable bonds is 4. The Morgan fingerprint density at radius 1 is 1.37 bits per heavy atom. The van der Waals surface area contributed by atoms with Crippen LogP contribution < -0.4 is 0 Å². The molecule has 1 aromatic rings. The van der Waals surface area contributed by atoms with Crippen molar-refractivity contribution in [2.24, 2.45) is 0 Å². The molecule has 3 heteroatoms. The number of nitrogens with zero attached hydrogens (tertiary/aromatic N) is 2. The number of benzene rings is 1. The molecule has 0 N–H and O–H groups in total. The molecule has 0 saturated carbocycles. The molecular weight excluding hydrogens is 236 g/mol. The molecule has 100 valence electrons. The van der Waals surface area contributed by atoms with Gasteiger partial charge in [0.15, 0.2) is 5.78 Å². The molecule has 2 rings (SSSR count). The first kappa shape index (κ1) is 13.8. The molecule has 0 bridgehead atoms. The molecule has 3 nitrogen and oxygen atoms in total. The van der Waals surface area contributed by atoms with Gasteiger partial charge >= 0.3 is 0 Å². The second kappa shape index (κ2) is 6.49. The van der Waals surface area contributed by atoms with E-state index in [1.54, 1.807) is 24.3 Å². The van der Waals surface area contributed by atoms with Crippen LogP contribution in [0.25, 0.3) is 0 Å². The summed E-state index contributed by atoms with van der Waals surface area (Å²) < 4.78 is 0. The van der Waals surface area contributed by atoms with Crippen LogP contribution >= 0.6 is 0 Å². The quantitative estimate of drug-likeness (QED) is 0.778. The minimum absolute atomic E-state index is 0.157. The lowest BCUT2D eigenvalue weighted by Gasteiger charge is -2.34. The maximum Gasteiger partial charge on any atom is 0.176 e. The van der Waals surface area contributed by atoms with Gasteiger partial charge in [-0.3, -0.25) is 9.69 Å². The third-order valence-corrected chi connectivity index (χ3v) is 3.90. The first-order chi connectivity index (χ1) is 9.24. The van der Waals surface area contributed by atoms with Gasteiger partial charge in [0.05, 0.1) is 18.2 Å². The summed E-state index contributed by atoms with van der Waals surface area (Å²) in [6.45, 7) is 3.72. The van der Waals surface area contributed by atoms with E-state index in [4.69, 9.17) is 5.26 Å². The van der Waals surface area contributed by atoms with E-state index in [-0.39, 0.29) is 5.78 Å². The molecule has 0 aromatic heterocycles. The molecule has 1 atom stereocenters. The van der Waals surface area contributed by atoms with E-state index in [1.165, 1.54) is 19.3 Å². The van der Waals surface area contributed by atoms with Gasteiger partial charge in [0, 0.05) is 11.6 Å². The fraction of sp³-hybridized carbons (Fsp3) is 0.500. The Balaban J connectivity index is 2.01. The monoisotopic (exact) mass is 256 g/mol. The predicted molar refractivity (Wildman–Crippen MR) is 75.0 cm³/mol. The fourth-order valence-corrected chi connectivity index (χ4v) is 2.74. The standard InChI is InChI=1S/C16H20N2O/c1-2-15-5-3-4-10-18(15)12-16(19)14-8-6-13(11-17)7-9-14/h6-9,15H,2-5,10,12H2,1H3. The predicted octanol–water partition coefficient (Wildman–Crippen LogP) is 3.01. The maximum absolute atomic E-state index is 12.2. The number of hydrogen-bond donors (Lipinski definition) is 0. The first-order valence-electron chi connectivity index (χ1n) is 7.02. The van der Waals surface area contributed by atoms with E-state index < -0.39 is 0 Å². The lowest BCUT2D eigenvalue weighted by Crippen LogP contribution is -2.42. The summed E-state index contributed by atoms with van der Waals surface area (Å²) >= 11 is 0. The van der Waals surface area contributed by atoms with Gasteiger partial charge < -0.3 is 0 Å². The molecule has 1 aromatic carbocycles. The Kier molecular flexibility index (Phi) is 4.70. The largest absolute Gasteiger partial charge is 0.293 e. The highest BCUT2D eigenvalue weighted by Gasteiger charge is 2.23. The molecule has 1 unspecified atom stereocenters. The van der Waals surface area contributed by atoms with Crippen molar-refractivity contribution >= 4 is 5.78 Å². The average molecular weight is 256 g/mol. The number of hydrogen-bond acceptors (Lipinski definition) is 3. The number of piperidine rings is 1. The van der Waals surface area contributed by atoms with Gasteiger partial charge in [0.25, 0.3) is 0 Å². The molecule has 1 fully saturated rings. The second-order valence-corrected chi connectivity index (χ2v) is 5.14.